The molecule has 0 saturated carbocycles. The lowest BCUT2D eigenvalue weighted by molar-refractivity contribution is -0.122. The number of nitrogens with one attached hydrogen (secondary N) is 1. The minimum Gasteiger partial charge on any atom is -0.366 e. The van der Waals surface area contributed by atoms with Crippen LogP contribution in [-0.2, 0) is 17.9 Å². The van der Waals surface area contributed by atoms with Gasteiger partial charge in [-0.25, -0.2) is 0 Å². The van der Waals surface area contributed by atoms with Crippen molar-refractivity contribution in [2.24, 2.45) is 11.7 Å². The number of nitrogens with two attached hydrogens (primary N) is 1. The number of hydrogen-bond donors (Lipinski definition) is 2. The van der Waals surface area contributed by atoms with Gasteiger partial charge in [0.15, 0.2) is 6.19 Å². The van der Waals surface area contributed by atoms with Gasteiger partial charge in [-0.05, 0) is 59.8 Å². The molecular weight excluding hydrogens is 378 g/mol. The lowest BCUT2D eigenvalue weighted by Gasteiger charge is -2.28. The van der Waals surface area contributed by atoms with Gasteiger partial charge in [0.25, 0.3) is 0 Å². The molecule has 2 aromatic rings. The molecule has 2 aliphatic rings. The van der Waals surface area contributed by atoms with Crippen molar-refractivity contribution in [2.75, 3.05) is 25.0 Å². The summed E-state index contributed by atoms with van der Waals surface area (Å²) in [5.41, 5.74) is 10.4. The van der Waals surface area contributed by atoms with Gasteiger partial charge in [0, 0.05) is 24.8 Å². The van der Waals surface area contributed by atoms with Gasteiger partial charge in [-0.15, -0.1) is 0 Å². The minimum absolute atomic E-state index is 0.0473. The van der Waals surface area contributed by atoms with Crippen molar-refractivity contribution in [2.45, 2.75) is 25.9 Å². The van der Waals surface area contributed by atoms with E-state index in [9.17, 15) is 14.9 Å². The second kappa shape index (κ2) is 8.17. The zero-order valence-electron chi connectivity index (χ0n) is 17.0. The highest BCUT2D eigenvalue weighted by Crippen LogP contribution is 2.38. The summed E-state index contributed by atoms with van der Waals surface area (Å²) in [6.07, 6.45) is 4.07. The van der Waals surface area contributed by atoms with Gasteiger partial charge in [0.05, 0.1) is 19.0 Å². The second-order valence-corrected chi connectivity index (χ2v) is 7.94. The first-order chi connectivity index (χ1) is 14.5. The molecule has 0 spiro atoms. The van der Waals surface area contributed by atoms with E-state index < -0.39 is 5.91 Å². The van der Waals surface area contributed by atoms with Crippen molar-refractivity contribution in [1.82, 2.24) is 10.2 Å². The first-order valence-corrected chi connectivity index (χ1v) is 10.2. The van der Waals surface area contributed by atoms with Gasteiger partial charge in [-0.3, -0.25) is 9.59 Å². The molecule has 7 heteroatoms. The van der Waals surface area contributed by atoms with Crippen LogP contribution in [0.5, 0.6) is 0 Å². The summed E-state index contributed by atoms with van der Waals surface area (Å²) >= 11 is 0. The first kappa shape index (κ1) is 19.9. The molecule has 30 heavy (non-hydrogen) atoms. The molecule has 0 aliphatic carbocycles. The largest absolute Gasteiger partial charge is 0.366 e. The number of amides is 2. The number of piperidine rings is 1. The van der Waals surface area contributed by atoms with E-state index in [4.69, 9.17) is 5.73 Å². The summed E-state index contributed by atoms with van der Waals surface area (Å²) in [7, 11) is 1.79. The van der Waals surface area contributed by atoms with Gasteiger partial charge in [0.2, 0.25) is 11.8 Å². The third-order valence-corrected chi connectivity index (χ3v) is 6.03. The summed E-state index contributed by atoms with van der Waals surface area (Å²) in [4.78, 5) is 28.5. The monoisotopic (exact) mass is 403 g/mol. The second-order valence-electron chi connectivity index (χ2n) is 7.94. The average Bonchev–Trinajstić information content (AvgIpc) is 3.21. The molecule has 2 amide bonds. The molecule has 1 saturated heterocycles. The van der Waals surface area contributed by atoms with Crippen molar-refractivity contribution in [3.63, 3.8) is 0 Å². The number of rotatable bonds is 4. The molecular formula is C23H25N5O2. The van der Waals surface area contributed by atoms with Gasteiger partial charge in [-0.1, -0.05) is 18.2 Å². The number of fused-ring (bicyclic) bond motifs is 1. The van der Waals surface area contributed by atoms with Crippen LogP contribution in [-0.4, -0.2) is 36.9 Å². The van der Waals surface area contributed by atoms with Crippen LogP contribution in [0.1, 0.15) is 34.3 Å². The van der Waals surface area contributed by atoms with E-state index >= 15 is 0 Å². The van der Waals surface area contributed by atoms with Crippen molar-refractivity contribution in [3.05, 3.63) is 53.1 Å². The van der Waals surface area contributed by atoms with Crippen molar-refractivity contribution >= 4 is 17.5 Å². The molecule has 2 heterocycles. The highest BCUT2D eigenvalue weighted by Gasteiger charge is 2.28. The van der Waals surface area contributed by atoms with Crippen molar-refractivity contribution in [3.8, 4) is 17.3 Å². The molecule has 0 radical (unpaired) electrons. The molecule has 3 N–H and O–H groups in total. The third-order valence-electron chi connectivity index (χ3n) is 6.03. The van der Waals surface area contributed by atoms with Gasteiger partial charge >= 0.3 is 0 Å². The fraction of sp³-hybridized carbons (Fsp3) is 0.348. The van der Waals surface area contributed by atoms with Crippen LogP contribution in [0.3, 0.4) is 0 Å². The summed E-state index contributed by atoms with van der Waals surface area (Å²) < 4.78 is 0. The number of hydrogen-bond acceptors (Lipinski definition) is 5. The highest BCUT2D eigenvalue weighted by atomic mass is 16.2. The maximum atomic E-state index is 13.1. The van der Waals surface area contributed by atoms with Crippen LogP contribution in [0, 0.1) is 17.4 Å². The Hall–Kier alpha value is -3.37. The zero-order chi connectivity index (χ0) is 21.3. The average molecular weight is 403 g/mol. The first-order valence-electron chi connectivity index (χ1n) is 10.2. The van der Waals surface area contributed by atoms with Crippen LogP contribution >= 0.6 is 0 Å². The normalized spacial score (nSPS) is 17.9. The SMILES string of the molecule is CN(C(=O)C1CCCNC1)c1cc2c(c(-c3ccccc3C(N)=O)c1)CN(C#N)C2. The number of primary amides is 1. The maximum absolute atomic E-state index is 13.1. The molecule has 7 nitrogen and oxygen atoms in total. The summed E-state index contributed by atoms with van der Waals surface area (Å²) in [5.74, 6) is -0.474. The van der Waals surface area contributed by atoms with E-state index in [0.29, 0.717) is 25.2 Å². The Labute approximate surface area is 176 Å². The lowest BCUT2D eigenvalue weighted by Crippen LogP contribution is -2.41. The fourth-order valence-electron chi connectivity index (χ4n) is 4.40. The van der Waals surface area contributed by atoms with E-state index in [1.165, 1.54) is 0 Å². The van der Waals surface area contributed by atoms with Crippen LogP contribution < -0.4 is 16.0 Å². The zero-order valence-corrected chi connectivity index (χ0v) is 17.0. The van der Waals surface area contributed by atoms with Crippen LogP contribution in [0.4, 0.5) is 5.69 Å². The topological polar surface area (TPSA) is 102 Å². The van der Waals surface area contributed by atoms with Gasteiger partial charge < -0.3 is 20.9 Å². The molecule has 154 valence electrons. The van der Waals surface area contributed by atoms with Crippen molar-refractivity contribution in [1.29, 1.82) is 5.26 Å². The number of nitrogens with zero attached hydrogens (tertiary/aromatic N) is 3. The molecule has 1 unspecified atom stereocenters. The molecule has 1 fully saturated rings. The Morgan fingerprint density at radius 1 is 1.23 bits per heavy atom. The smallest absolute Gasteiger partial charge is 0.249 e. The minimum atomic E-state index is -0.502. The van der Waals surface area contributed by atoms with Crippen molar-refractivity contribution < 1.29 is 9.59 Å². The Morgan fingerprint density at radius 3 is 2.73 bits per heavy atom. The lowest BCUT2D eigenvalue weighted by atomic mass is 9.92. The molecule has 4 rings (SSSR count). The van der Waals surface area contributed by atoms with E-state index in [-0.39, 0.29) is 11.8 Å². The number of anilines is 1. The number of nitriles is 1. The predicted octanol–water partition coefficient (Wildman–Crippen LogP) is 2.21. The quantitative estimate of drug-likeness (QED) is 0.762. The number of carbonyl (C=O) groups is 2. The van der Waals surface area contributed by atoms with Crippen LogP contribution in [0.25, 0.3) is 11.1 Å². The molecule has 0 bridgehead atoms. The maximum Gasteiger partial charge on any atom is 0.249 e. The Bertz CT molecular complexity index is 1040. The van der Waals surface area contributed by atoms with E-state index in [2.05, 4.69) is 11.5 Å². The summed E-state index contributed by atoms with van der Waals surface area (Å²) in [6.45, 7) is 2.59. The van der Waals surface area contributed by atoms with E-state index in [0.717, 1.165) is 47.3 Å². The molecule has 1 atom stereocenters. The summed E-state index contributed by atoms with van der Waals surface area (Å²) in [5, 5.41) is 12.7. The molecule has 0 aromatic heterocycles. The Kier molecular flexibility index (Phi) is 5.42. The number of benzene rings is 2. The van der Waals surface area contributed by atoms with E-state index in [1.807, 2.05) is 24.3 Å². The molecule has 2 aromatic carbocycles. The predicted molar refractivity (Wildman–Crippen MR) is 114 cm³/mol. The third kappa shape index (κ3) is 3.62. The summed E-state index contributed by atoms with van der Waals surface area (Å²) in [6, 6.07) is 11.1. The Balaban J connectivity index is 1.79. The number of carbonyl (C=O) groups excluding carboxylic acids is 2. The fourth-order valence-corrected chi connectivity index (χ4v) is 4.40. The van der Waals surface area contributed by atoms with E-state index in [1.54, 1.807) is 29.0 Å². The van der Waals surface area contributed by atoms with Crippen LogP contribution in [0.2, 0.25) is 0 Å². The van der Waals surface area contributed by atoms with Crippen LogP contribution in [0.15, 0.2) is 36.4 Å². The standard InChI is InChI=1S/C23H25N5O2/c1-27(23(30)15-5-4-8-26-11-15)17-9-16-12-28(14-24)13-21(16)20(10-17)18-6-2-3-7-19(18)22(25)29/h2-3,6-7,9-10,15,26H,4-5,8,11-13H2,1H3,(H2,25,29). The van der Waals surface area contributed by atoms with Gasteiger partial charge in [0.1, 0.15) is 0 Å². The molecule has 2 aliphatic heterocycles. The highest BCUT2D eigenvalue weighted by molar-refractivity contribution is 6.01. The Morgan fingerprint density at radius 2 is 2.03 bits per heavy atom. The van der Waals surface area contributed by atoms with Gasteiger partial charge in [-0.2, -0.15) is 5.26 Å².